The first-order chi connectivity index (χ1) is 15.3. The van der Waals surface area contributed by atoms with Crippen LogP contribution in [0.3, 0.4) is 0 Å². The van der Waals surface area contributed by atoms with E-state index in [-0.39, 0.29) is 11.9 Å². The van der Waals surface area contributed by atoms with E-state index in [1.807, 2.05) is 59.6 Å². The van der Waals surface area contributed by atoms with Gasteiger partial charge in [0.05, 0.1) is 12.2 Å². The van der Waals surface area contributed by atoms with Gasteiger partial charge in [0.15, 0.2) is 5.69 Å². The van der Waals surface area contributed by atoms with Crippen molar-refractivity contribution in [3.63, 3.8) is 0 Å². The smallest absolute Gasteiger partial charge is 0.280 e. The highest BCUT2D eigenvalue weighted by molar-refractivity contribution is 5.76. The van der Waals surface area contributed by atoms with Crippen molar-refractivity contribution >= 4 is 5.91 Å². The molecule has 1 aliphatic rings. The Kier molecular flexibility index (Phi) is 5.26. The third-order valence-electron chi connectivity index (χ3n) is 5.55. The number of rotatable bonds is 6. The van der Waals surface area contributed by atoms with Crippen molar-refractivity contribution < 1.29 is 9.32 Å². The van der Waals surface area contributed by atoms with Gasteiger partial charge in [0.25, 0.3) is 5.89 Å². The first-order valence-electron chi connectivity index (χ1n) is 10.4. The van der Waals surface area contributed by atoms with E-state index in [1.54, 1.807) is 4.68 Å². The molecule has 1 amide bonds. The minimum atomic E-state index is 0.0958. The van der Waals surface area contributed by atoms with E-state index < -0.39 is 0 Å². The average molecular weight is 414 g/mol. The lowest BCUT2D eigenvalue weighted by Crippen LogP contribution is -2.29. The minimum absolute atomic E-state index is 0.0958. The van der Waals surface area contributed by atoms with Crippen LogP contribution in [0.1, 0.15) is 24.4 Å². The van der Waals surface area contributed by atoms with Crippen molar-refractivity contribution in [2.45, 2.75) is 25.3 Å². The van der Waals surface area contributed by atoms with E-state index in [1.165, 1.54) is 5.56 Å². The lowest BCUT2D eigenvalue weighted by Gasteiger charge is -2.16. The van der Waals surface area contributed by atoms with Gasteiger partial charge < -0.3 is 9.42 Å². The second-order valence-electron chi connectivity index (χ2n) is 7.64. The molecule has 0 spiro atoms. The van der Waals surface area contributed by atoms with Crippen LogP contribution in [0.25, 0.3) is 23.0 Å². The van der Waals surface area contributed by atoms with E-state index in [2.05, 4.69) is 32.6 Å². The number of carbonyl (C=O) groups is 1. The monoisotopic (exact) mass is 414 g/mol. The molecule has 0 N–H and O–H groups in total. The molecule has 156 valence electrons. The number of carbonyl (C=O) groups excluding carboxylic acids is 1. The number of nitrogens with zero attached hydrogens (tertiary/aromatic N) is 6. The van der Waals surface area contributed by atoms with Gasteiger partial charge in [-0.25, -0.2) is 4.68 Å². The molecule has 0 bridgehead atoms. The predicted octanol–water partition coefficient (Wildman–Crippen LogP) is 3.40. The second kappa shape index (κ2) is 8.51. The molecule has 1 atom stereocenters. The predicted molar refractivity (Wildman–Crippen MR) is 114 cm³/mol. The van der Waals surface area contributed by atoms with Crippen molar-refractivity contribution in [2.24, 2.45) is 0 Å². The quantitative estimate of drug-likeness (QED) is 0.480. The Morgan fingerprint density at radius 3 is 2.65 bits per heavy atom. The molecule has 0 radical (unpaired) electrons. The summed E-state index contributed by atoms with van der Waals surface area (Å²) in [6.07, 6.45) is 3.93. The zero-order valence-corrected chi connectivity index (χ0v) is 17.0. The van der Waals surface area contributed by atoms with Crippen molar-refractivity contribution in [1.82, 2.24) is 30.0 Å². The molecule has 8 heteroatoms. The molecule has 1 saturated heterocycles. The van der Waals surface area contributed by atoms with Crippen molar-refractivity contribution in [1.29, 1.82) is 0 Å². The number of hydrogen-bond donors (Lipinski definition) is 0. The number of aromatic nitrogens is 5. The summed E-state index contributed by atoms with van der Waals surface area (Å²) in [5.74, 6) is 1.02. The number of aryl methyl sites for hydroxylation is 1. The van der Waals surface area contributed by atoms with Gasteiger partial charge in [0.2, 0.25) is 11.7 Å². The van der Waals surface area contributed by atoms with Gasteiger partial charge in [-0.15, -0.1) is 5.10 Å². The van der Waals surface area contributed by atoms with Gasteiger partial charge in [-0.1, -0.05) is 71.0 Å². The minimum Gasteiger partial charge on any atom is -0.340 e. The van der Waals surface area contributed by atoms with Gasteiger partial charge in [0.1, 0.15) is 0 Å². The van der Waals surface area contributed by atoms with Crippen LogP contribution < -0.4 is 0 Å². The van der Waals surface area contributed by atoms with Gasteiger partial charge in [-0.05, 0) is 18.4 Å². The van der Waals surface area contributed by atoms with Crippen LogP contribution in [0.15, 0.2) is 71.4 Å². The van der Waals surface area contributed by atoms with Crippen LogP contribution in [0.5, 0.6) is 0 Å². The normalized spacial score (nSPS) is 16.0. The Morgan fingerprint density at radius 2 is 1.84 bits per heavy atom. The fourth-order valence-electron chi connectivity index (χ4n) is 3.82. The highest BCUT2D eigenvalue weighted by Crippen LogP contribution is 2.25. The molecular weight excluding hydrogens is 392 g/mol. The molecule has 4 aromatic rings. The van der Waals surface area contributed by atoms with E-state index in [9.17, 15) is 4.79 Å². The summed E-state index contributed by atoms with van der Waals surface area (Å²) in [5, 5.41) is 12.5. The zero-order valence-electron chi connectivity index (χ0n) is 17.0. The zero-order chi connectivity index (χ0) is 21.0. The Bertz CT molecular complexity index is 1160. The van der Waals surface area contributed by atoms with Crippen LogP contribution in [0.2, 0.25) is 0 Å². The topological polar surface area (TPSA) is 89.9 Å². The number of amides is 1. The fraction of sp³-hybridized carbons (Fsp3) is 0.261. The van der Waals surface area contributed by atoms with Crippen LogP contribution in [-0.4, -0.2) is 49.0 Å². The van der Waals surface area contributed by atoms with E-state index in [0.29, 0.717) is 30.4 Å². The molecule has 2 aromatic carbocycles. The summed E-state index contributed by atoms with van der Waals surface area (Å²) in [7, 11) is 0. The largest absolute Gasteiger partial charge is 0.340 e. The molecular formula is C23H22N6O2. The fourth-order valence-corrected chi connectivity index (χ4v) is 3.82. The van der Waals surface area contributed by atoms with E-state index in [4.69, 9.17) is 4.52 Å². The molecule has 0 aliphatic carbocycles. The summed E-state index contributed by atoms with van der Waals surface area (Å²) >= 11 is 0. The van der Waals surface area contributed by atoms with Crippen LogP contribution in [0.4, 0.5) is 0 Å². The van der Waals surface area contributed by atoms with Crippen LogP contribution >= 0.6 is 0 Å². The van der Waals surface area contributed by atoms with Crippen LogP contribution in [-0.2, 0) is 11.2 Å². The third kappa shape index (κ3) is 4.23. The Morgan fingerprint density at radius 1 is 1.06 bits per heavy atom. The summed E-state index contributed by atoms with van der Waals surface area (Å²) in [6.45, 7) is 1.36. The van der Waals surface area contributed by atoms with Crippen LogP contribution in [0, 0.1) is 0 Å². The van der Waals surface area contributed by atoms with Crippen molar-refractivity contribution in [3.8, 4) is 23.0 Å². The average Bonchev–Trinajstić information content (AvgIpc) is 3.58. The molecule has 5 rings (SSSR count). The number of likely N-dealkylation sites (tertiary alicyclic amines) is 1. The maximum atomic E-state index is 12.6. The van der Waals surface area contributed by atoms with Crippen molar-refractivity contribution in [3.05, 3.63) is 72.4 Å². The standard InChI is InChI=1S/C23H22N6O2/c30-21(12-11-17-7-3-1-4-8-17)28-14-13-19(15-28)29-16-20(25-27-29)23-24-22(26-31-23)18-9-5-2-6-10-18/h1-10,16,19H,11-15H2/t19-/m1/s1. The first kappa shape index (κ1) is 19.2. The van der Waals surface area contributed by atoms with Gasteiger partial charge in [0, 0.05) is 25.1 Å². The molecule has 1 fully saturated rings. The number of benzene rings is 2. The Labute approximate surface area is 179 Å². The molecule has 0 unspecified atom stereocenters. The van der Waals surface area contributed by atoms with Gasteiger partial charge in [-0.3, -0.25) is 4.79 Å². The van der Waals surface area contributed by atoms with E-state index in [0.717, 1.165) is 24.9 Å². The number of hydrogen-bond acceptors (Lipinski definition) is 6. The molecule has 0 saturated carbocycles. The first-order valence-corrected chi connectivity index (χ1v) is 10.4. The highest BCUT2D eigenvalue weighted by atomic mass is 16.5. The van der Waals surface area contributed by atoms with Gasteiger partial charge >= 0.3 is 0 Å². The lowest BCUT2D eigenvalue weighted by molar-refractivity contribution is -0.130. The SMILES string of the molecule is O=C(CCc1ccccc1)N1CC[C@@H](n2cc(-c3nc(-c4ccccc4)no3)nn2)C1. The maximum absolute atomic E-state index is 12.6. The molecule has 2 aromatic heterocycles. The molecule has 8 nitrogen and oxygen atoms in total. The second-order valence-corrected chi connectivity index (χ2v) is 7.64. The molecule has 3 heterocycles. The third-order valence-corrected chi connectivity index (χ3v) is 5.55. The summed E-state index contributed by atoms with van der Waals surface area (Å²) in [6, 6.07) is 19.8. The summed E-state index contributed by atoms with van der Waals surface area (Å²) in [5.41, 5.74) is 2.59. The highest BCUT2D eigenvalue weighted by Gasteiger charge is 2.28. The maximum Gasteiger partial charge on any atom is 0.280 e. The molecule has 31 heavy (non-hydrogen) atoms. The van der Waals surface area contributed by atoms with Gasteiger partial charge in [-0.2, -0.15) is 4.98 Å². The Hall–Kier alpha value is -3.81. The lowest BCUT2D eigenvalue weighted by atomic mass is 10.1. The van der Waals surface area contributed by atoms with E-state index >= 15 is 0 Å². The summed E-state index contributed by atoms with van der Waals surface area (Å²) < 4.78 is 7.17. The van der Waals surface area contributed by atoms with Crippen molar-refractivity contribution in [2.75, 3.05) is 13.1 Å². The Balaban J connectivity index is 1.21. The summed E-state index contributed by atoms with van der Waals surface area (Å²) in [4.78, 5) is 18.9. The molecule has 1 aliphatic heterocycles.